The molecule has 1 amide bonds. The van der Waals surface area contributed by atoms with Crippen molar-refractivity contribution in [3.8, 4) is 33.5 Å². The molecule has 1 N–H and O–H groups in total. The summed E-state index contributed by atoms with van der Waals surface area (Å²) in [5, 5.41) is 11.1. The van der Waals surface area contributed by atoms with Crippen molar-refractivity contribution in [1.82, 2.24) is 14.8 Å². The van der Waals surface area contributed by atoms with Crippen molar-refractivity contribution in [2.45, 2.75) is 13.0 Å². The molecule has 4 heterocycles. The maximum Gasteiger partial charge on any atom is 0.437 e. The first kappa shape index (κ1) is 19.5. The fourth-order valence-electron chi connectivity index (χ4n) is 3.00. The summed E-state index contributed by atoms with van der Waals surface area (Å²) in [5.41, 5.74) is 1.60. The zero-order chi connectivity index (χ0) is 21.2. The van der Waals surface area contributed by atoms with E-state index in [1.165, 1.54) is 22.7 Å². The lowest BCUT2D eigenvalue weighted by Crippen LogP contribution is -2.20. The Morgan fingerprint density at radius 1 is 1.16 bits per heavy atom. The summed E-state index contributed by atoms with van der Waals surface area (Å²) in [6.07, 6.45) is 0.0647. The SMILES string of the molecule is O=C(CCn1nc(-c2cccs2)oc1=O)Nc1nc(-c2ccc3c(c2)OCCO3)cs1. The molecular weight excluding hydrogens is 440 g/mol. The molecule has 0 spiro atoms. The number of hydrogen-bond donors (Lipinski definition) is 1. The number of thiazole rings is 1. The topological polar surface area (TPSA) is 108 Å². The molecule has 1 aromatic carbocycles. The number of anilines is 1. The third-order valence-corrected chi connectivity index (χ3v) is 6.09. The van der Waals surface area contributed by atoms with Crippen LogP contribution in [0.3, 0.4) is 0 Å². The van der Waals surface area contributed by atoms with E-state index >= 15 is 0 Å². The highest BCUT2D eigenvalue weighted by atomic mass is 32.1. The van der Waals surface area contributed by atoms with Gasteiger partial charge in [-0.15, -0.1) is 27.8 Å². The molecule has 1 aliphatic rings. The van der Waals surface area contributed by atoms with Gasteiger partial charge in [0, 0.05) is 17.4 Å². The van der Waals surface area contributed by atoms with Gasteiger partial charge in [0.05, 0.1) is 17.1 Å². The van der Waals surface area contributed by atoms with E-state index in [9.17, 15) is 9.59 Å². The molecule has 9 nitrogen and oxygen atoms in total. The summed E-state index contributed by atoms with van der Waals surface area (Å²) in [7, 11) is 0. The van der Waals surface area contributed by atoms with Gasteiger partial charge < -0.3 is 19.2 Å². The maximum atomic E-state index is 12.3. The van der Waals surface area contributed by atoms with Crippen LogP contribution in [0.25, 0.3) is 22.0 Å². The van der Waals surface area contributed by atoms with Crippen LogP contribution >= 0.6 is 22.7 Å². The molecule has 1 aliphatic heterocycles. The van der Waals surface area contributed by atoms with Crippen LogP contribution in [0.1, 0.15) is 6.42 Å². The normalized spacial score (nSPS) is 12.6. The van der Waals surface area contributed by atoms with Gasteiger partial charge in [0.1, 0.15) is 13.2 Å². The Kier molecular flexibility index (Phi) is 5.26. The summed E-state index contributed by atoms with van der Waals surface area (Å²) in [6.45, 7) is 1.16. The highest BCUT2D eigenvalue weighted by Crippen LogP contribution is 2.35. The molecule has 31 heavy (non-hydrogen) atoms. The number of rotatable bonds is 6. The van der Waals surface area contributed by atoms with E-state index in [0.717, 1.165) is 20.8 Å². The average Bonchev–Trinajstić information content (AvgIpc) is 3.53. The molecule has 3 aromatic heterocycles. The van der Waals surface area contributed by atoms with Crippen LogP contribution in [0.15, 0.2) is 50.3 Å². The third kappa shape index (κ3) is 4.23. The van der Waals surface area contributed by atoms with Crippen molar-refractivity contribution in [3.63, 3.8) is 0 Å². The summed E-state index contributed by atoms with van der Waals surface area (Å²) >= 11 is 2.74. The van der Waals surface area contributed by atoms with Crippen molar-refractivity contribution < 1.29 is 18.7 Å². The third-order valence-electron chi connectivity index (χ3n) is 4.48. The molecule has 5 rings (SSSR count). The zero-order valence-electron chi connectivity index (χ0n) is 16.1. The first-order chi connectivity index (χ1) is 15.2. The highest BCUT2D eigenvalue weighted by Gasteiger charge is 2.15. The summed E-state index contributed by atoms with van der Waals surface area (Å²) in [6, 6.07) is 9.28. The first-order valence-electron chi connectivity index (χ1n) is 9.43. The van der Waals surface area contributed by atoms with Gasteiger partial charge >= 0.3 is 5.76 Å². The van der Waals surface area contributed by atoms with E-state index in [0.29, 0.717) is 29.8 Å². The lowest BCUT2D eigenvalue weighted by molar-refractivity contribution is -0.116. The van der Waals surface area contributed by atoms with E-state index in [1.54, 1.807) is 0 Å². The van der Waals surface area contributed by atoms with Gasteiger partial charge in [-0.05, 0) is 29.6 Å². The number of amides is 1. The number of aryl methyl sites for hydroxylation is 1. The van der Waals surface area contributed by atoms with Crippen LogP contribution in [-0.4, -0.2) is 33.9 Å². The van der Waals surface area contributed by atoms with E-state index in [4.69, 9.17) is 13.9 Å². The largest absolute Gasteiger partial charge is 0.486 e. The van der Waals surface area contributed by atoms with Crippen molar-refractivity contribution in [1.29, 1.82) is 0 Å². The van der Waals surface area contributed by atoms with Gasteiger partial charge in [-0.1, -0.05) is 6.07 Å². The Morgan fingerprint density at radius 3 is 2.87 bits per heavy atom. The summed E-state index contributed by atoms with van der Waals surface area (Å²) < 4.78 is 17.4. The second-order valence-electron chi connectivity index (χ2n) is 6.57. The smallest absolute Gasteiger partial charge is 0.437 e. The molecule has 0 atom stereocenters. The standard InChI is InChI=1S/C20H16N4O5S2/c25-17(5-6-24-20(26)29-18(23-24)16-2-1-9-30-16)22-19-21-13(11-31-19)12-3-4-14-15(10-12)28-8-7-27-14/h1-4,9-11H,5-8H2,(H,21,22,25). The number of nitrogens with one attached hydrogen (secondary N) is 1. The Hall–Kier alpha value is -3.44. The van der Waals surface area contributed by atoms with Crippen molar-refractivity contribution >= 4 is 33.7 Å². The van der Waals surface area contributed by atoms with Gasteiger partial charge in [0.2, 0.25) is 5.91 Å². The minimum atomic E-state index is -0.591. The fraction of sp³-hybridized carbons (Fsp3) is 0.200. The molecule has 0 bridgehead atoms. The molecule has 0 unspecified atom stereocenters. The second-order valence-corrected chi connectivity index (χ2v) is 8.37. The summed E-state index contributed by atoms with van der Waals surface area (Å²) in [4.78, 5) is 29.5. The molecule has 11 heteroatoms. The Balaban J connectivity index is 1.21. The summed E-state index contributed by atoms with van der Waals surface area (Å²) in [5.74, 6) is 0.790. The minimum Gasteiger partial charge on any atom is -0.486 e. The van der Waals surface area contributed by atoms with E-state index < -0.39 is 5.76 Å². The Labute approximate surface area is 183 Å². The van der Waals surface area contributed by atoms with Gasteiger partial charge in [-0.2, -0.15) is 4.68 Å². The van der Waals surface area contributed by atoms with Crippen LogP contribution in [-0.2, 0) is 11.3 Å². The van der Waals surface area contributed by atoms with Crippen molar-refractivity contribution in [2.24, 2.45) is 0 Å². The number of fused-ring (bicyclic) bond motifs is 1. The predicted molar refractivity (Wildman–Crippen MR) is 116 cm³/mol. The number of aromatic nitrogens is 3. The van der Waals surface area contributed by atoms with Crippen LogP contribution in [0.5, 0.6) is 11.5 Å². The Bertz CT molecular complexity index is 1270. The molecular formula is C20H16N4O5S2. The zero-order valence-corrected chi connectivity index (χ0v) is 17.7. The maximum absolute atomic E-state index is 12.3. The first-order valence-corrected chi connectivity index (χ1v) is 11.2. The van der Waals surface area contributed by atoms with Gasteiger partial charge in [0.15, 0.2) is 16.6 Å². The average molecular weight is 457 g/mol. The minimum absolute atomic E-state index is 0.0647. The molecule has 0 saturated carbocycles. The van der Waals surface area contributed by atoms with Gasteiger partial charge in [0.25, 0.3) is 5.89 Å². The van der Waals surface area contributed by atoms with Gasteiger partial charge in [-0.3, -0.25) is 4.79 Å². The van der Waals surface area contributed by atoms with Crippen molar-refractivity contribution in [3.05, 3.63) is 51.6 Å². The Morgan fingerprint density at radius 2 is 2.03 bits per heavy atom. The molecule has 158 valence electrons. The lowest BCUT2D eigenvalue weighted by Gasteiger charge is -2.18. The van der Waals surface area contributed by atoms with E-state index in [2.05, 4.69) is 15.4 Å². The lowest BCUT2D eigenvalue weighted by atomic mass is 10.1. The molecule has 4 aromatic rings. The quantitative estimate of drug-likeness (QED) is 0.473. The van der Waals surface area contributed by atoms with Crippen LogP contribution in [0, 0.1) is 0 Å². The number of carbonyl (C=O) groups is 1. The van der Waals surface area contributed by atoms with E-state index in [1.807, 2.05) is 41.1 Å². The fourth-order valence-corrected chi connectivity index (χ4v) is 4.38. The number of hydrogen-bond acceptors (Lipinski definition) is 9. The van der Waals surface area contributed by atoms with E-state index in [-0.39, 0.29) is 24.8 Å². The van der Waals surface area contributed by atoms with Crippen LogP contribution in [0.2, 0.25) is 0 Å². The number of nitrogens with zero attached hydrogens (tertiary/aromatic N) is 3. The molecule has 0 saturated heterocycles. The number of thiophene rings is 1. The van der Waals surface area contributed by atoms with Gasteiger partial charge in [-0.25, -0.2) is 9.78 Å². The van der Waals surface area contributed by atoms with Crippen molar-refractivity contribution in [2.75, 3.05) is 18.5 Å². The number of carbonyl (C=O) groups excluding carboxylic acids is 1. The van der Waals surface area contributed by atoms with Crippen LogP contribution in [0.4, 0.5) is 5.13 Å². The second kappa shape index (κ2) is 8.36. The van der Waals surface area contributed by atoms with Crippen LogP contribution < -0.4 is 20.5 Å². The number of ether oxygens (including phenoxy) is 2. The number of benzene rings is 1. The monoisotopic (exact) mass is 456 g/mol. The molecule has 0 aliphatic carbocycles. The molecule has 0 radical (unpaired) electrons. The highest BCUT2D eigenvalue weighted by molar-refractivity contribution is 7.14. The predicted octanol–water partition coefficient (Wildman–Crippen LogP) is 3.49. The molecule has 0 fully saturated rings.